The van der Waals surface area contributed by atoms with Gasteiger partial charge in [0.1, 0.15) is 0 Å². The number of piperazine rings is 1. The van der Waals surface area contributed by atoms with Crippen molar-refractivity contribution in [2.24, 2.45) is 0 Å². The van der Waals surface area contributed by atoms with Gasteiger partial charge < -0.3 is 15.0 Å². The van der Waals surface area contributed by atoms with Crippen LogP contribution in [0.5, 0.6) is 0 Å². The summed E-state index contributed by atoms with van der Waals surface area (Å²) in [6.45, 7) is 13.9. The van der Waals surface area contributed by atoms with Crippen molar-refractivity contribution < 1.29 is 4.74 Å². The number of hydrogen-bond donors (Lipinski definition) is 1. The van der Waals surface area contributed by atoms with Gasteiger partial charge in [0.25, 0.3) is 0 Å². The van der Waals surface area contributed by atoms with E-state index in [1.807, 2.05) is 46.9 Å². The van der Waals surface area contributed by atoms with Gasteiger partial charge in [-0.1, -0.05) is 33.6 Å². The van der Waals surface area contributed by atoms with Crippen molar-refractivity contribution in [1.29, 1.82) is 0 Å². The van der Waals surface area contributed by atoms with Crippen LogP contribution >= 0.6 is 0 Å². The first kappa shape index (κ1) is 20.4. The van der Waals surface area contributed by atoms with E-state index < -0.39 is 0 Å². The summed E-state index contributed by atoms with van der Waals surface area (Å²) in [5.41, 5.74) is 2.75. The highest BCUT2D eigenvalue weighted by molar-refractivity contribution is 5.52. The number of rotatable bonds is 3. The van der Waals surface area contributed by atoms with Crippen LogP contribution in [-0.4, -0.2) is 38.3 Å². The molecule has 0 amide bonds. The minimum atomic E-state index is -0.0758. The predicted molar refractivity (Wildman–Crippen MR) is 95.4 cm³/mol. The lowest BCUT2D eigenvalue weighted by atomic mass is 10.1. The maximum absolute atomic E-state index is 5.57. The largest absolute Gasteiger partial charge is 0.375 e. The number of hydrogen-bond acceptors (Lipinski definition) is 4. The van der Waals surface area contributed by atoms with Gasteiger partial charge in [-0.3, -0.25) is 4.98 Å². The standard InChI is InChI=1S/C14H19N3O.2C2H6/c1-4-12-9-13(17-7-5-15-6-8-17)10-16-14(12)11(2)18-3;2*1-2/h1,9-11,15H,5-8H2,2-3H3;2*1-2H3. The van der Waals surface area contributed by atoms with Crippen LogP contribution in [-0.2, 0) is 4.74 Å². The maximum atomic E-state index is 5.57. The lowest BCUT2D eigenvalue weighted by Crippen LogP contribution is -2.43. The molecule has 2 rings (SSSR count). The fourth-order valence-corrected chi connectivity index (χ4v) is 2.11. The average molecular weight is 305 g/mol. The van der Waals surface area contributed by atoms with Crippen LogP contribution in [0.2, 0.25) is 0 Å². The molecule has 1 atom stereocenters. The van der Waals surface area contributed by atoms with Crippen LogP contribution in [0, 0.1) is 12.3 Å². The first-order valence-corrected chi connectivity index (χ1v) is 8.21. The third kappa shape index (κ3) is 5.67. The van der Waals surface area contributed by atoms with E-state index in [0.29, 0.717) is 0 Å². The van der Waals surface area contributed by atoms with Crippen molar-refractivity contribution in [2.45, 2.75) is 40.7 Å². The highest BCUT2D eigenvalue weighted by Crippen LogP contribution is 2.22. The molecule has 2 heterocycles. The minimum Gasteiger partial charge on any atom is -0.375 e. The van der Waals surface area contributed by atoms with Crippen LogP contribution in [0.3, 0.4) is 0 Å². The zero-order valence-electron chi connectivity index (χ0n) is 14.9. The Bertz CT molecular complexity index is 448. The van der Waals surface area contributed by atoms with Crippen LogP contribution in [0.4, 0.5) is 5.69 Å². The van der Waals surface area contributed by atoms with Crippen LogP contribution in [0.1, 0.15) is 52.0 Å². The zero-order chi connectivity index (χ0) is 17.0. The van der Waals surface area contributed by atoms with Crippen LogP contribution in [0.25, 0.3) is 0 Å². The van der Waals surface area contributed by atoms with E-state index in [1.165, 1.54) is 0 Å². The molecule has 1 saturated heterocycles. The molecular weight excluding hydrogens is 274 g/mol. The fraction of sp³-hybridized carbons (Fsp3) is 0.611. The summed E-state index contributed by atoms with van der Waals surface area (Å²) in [4.78, 5) is 6.76. The van der Waals surface area contributed by atoms with Crippen molar-refractivity contribution >= 4 is 5.69 Å². The number of methoxy groups -OCH3 is 1. The van der Waals surface area contributed by atoms with Gasteiger partial charge in [-0.25, -0.2) is 0 Å². The third-order valence-corrected chi connectivity index (χ3v) is 3.28. The second-order valence-electron chi connectivity index (χ2n) is 4.39. The summed E-state index contributed by atoms with van der Waals surface area (Å²) in [6, 6.07) is 2.03. The highest BCUT2D eigenvalue weighted by Gasteiger charge is 2.15. The molecule has 1 fully saturated rings. The van der Waals surface area contributed by atoms with Gasteiger partial charge in [0.15, 0.2) is 0 Å². The second kappa shape index (κ2) is 12.0. The lowest BCUT2D eigenvalue weighted by Gasteiger charge is -2.29. The van der Waals surface area contributed by atoms with E-state index in [-0.39, 0.29) is 6.10 Å². The van der Waals surface area contributed by atoms with Gasteiger partial charge in [0.2, 0.25) is 0 Å². The Hall–Kier alpha value is -1.57. The number of nitrogens with zero attached hydrogens (tertiary/aromatic N) is 2. The molecule has 4 nitrogen and oxygen atoms in total. The number of pyridine rings is 1. The Labute approximate surface area is 136 Å². The van der Waals surface area contributed by atoms with Crippen molar-refractivity contribution in [3.63, 3.8) is 0 Å². The molecule has 1 aromatic heterocycles. The molecule has 0 aliphatic carbocycles. The molecule has 0 radical (unpaired) electrons. The van der Waals surface area contributed by atoms with Crippen molar-refractivity contribution in [3.8, 4) is 12.3 Å². The monoisotopic (exact) mass is 305 g/mol. The smallest absolute Gasteiger partial charge is 0.0975 e. The fourth-order valence-electron chi connectivity index (χ4n) is 2.11. The van der Waals surface area contributed by atoms with Gasteiger partial charge in [0, 0.05) is 33.3 Å². The molecule has 0 bridgehead atoms. The van der Waals surface area contributed by atoms with Crippen molar-refractivity contribution in [2.75, 3.05) is 38.2 Å². The van der Waals surface area contributed by atoms with Crippen molar-refractivity contribution in [3.05, 3.63) is 23.5 Å². The van der Waals surface area contributed by atoms with E-state index in [4.69, 9.17) is 11.2 Å². The van der Waals surface area contributed by atoms with Crippen LogP contribution in [0.15, 0.2) is 12.3 Å². The van der Waals surface area contributed by atoms with Gasteiger partial charge in [-0.15, -0.1) is 6.42 Å². The molecule has 1 N–H and O–H groups in total. The Kier molecular flexibility index (Phi) is 11.2. The van der Waals surface area contributed by atoms with Crippen LogP contribution < -0.4 is 10.2 Å². The number of anilines is 1. The Morgan fingerprint density at radius 3 is 2.36 bits per heavy atom. The SMILES string of the molecule is C#Cc1cc(N2CCNCC2)cnc1C(C)OC.CC.CC. The molecule has 1 unspecified atom stereocenters. The molecule has 1 aromatic rings. The first-order valence-electron chi connectivity index (χ1n) is 8.21. The van der Waals surface area contributed by atoms with E-state index in [2.05, 4.69) is 21.1 Å². The van der Waals surface area contributed by atoms with Crippen molar-refractivity contribution in [1.82, 2.24) is 10.3 Å². The summed E-state index contributed by atoms with van der Waals surface area (Å²) < 4.78 is 5.28. The van der Waals surface area contributed by atoms with Gasteiger partial charge >= 0.3 is 0 Å². The average Bonchev–Trinajstić information content (AvgIpc) is 2.64. The molecule has 124 valence electrons. The van der Waals surface area contributed by atoms with Gasteiger partial charge in [-0.2, -0.15) is 0 Å². The van der Waals surface area contributed by atoms with Gasteiger partial charge in [-0.05, 0) is 13.0 Å². The second-order valence-corrected chi connectivity index (χ2v) is 4.39. The van der Waals surface area contributed by atoms with E-state index in [1.54, 1.807) is 7.11 Å². The number of ether oxygens (including phenoxy) is 1. The summed E-state index contributed by atoms with van der Waals surface area (Å²) in [7, 11) is 1.66. The van der Waals surface area contributed by atoms with E-state index in [9.17, 15) is 0 Å². The topological polar surface area (TPSA) is 37.4 Å². The lowest BCUT2D eigenvalue weighted by molar-refractivity contribution is 0.116. The molecule has 1 aliphatic heterocycles. The summed E-state index contributed by atoms with van der Waals surface area (Å²) in [5, 5.41) is 3.33. The number of aromatic nitrogens is 1. The Morgan fingerprint density at radius 2 is 1.86 bits per heavy atom. The maximum Gasteiger partial charge on any atom is 0.0975 e. The summed E-state index contributed by atoms with van der Waals surface area (Å²) in [6.07, 6.45) is 7.38. The van der Waals surface area contributed by atoms with E-state index in [0.717, 1.165) is 43.1 Å². The molecule has 0 saturated carbocycles. The van der Waals surface area contributed by atoms with E-state index >= 15 is 0 Å². The molecule has 22 heavy (non-hydrogen) atoms. The minimum absolute atomic E-state index is 0.0758. The molecule has 1 aliphatic rings. The Morgan fingerprint density at radius 1 is 1.27 bits per heavy atom. The third-order valence-electron chi connectivity index (χ3n) is 3.28. The van der Waals surface area contributed by atoms with Gasteiger partial charge in [0.05, 0.1) is 29.2 Å². The summed E-state index contributed by atoms with van der Waals surface area (Å²) in [5.74, 6) is 2.71. The quantitative estimate of drug-likeness (QED) is 0.870. The number of nitrogens with one attached hydrogen (secondary N) is 1. The predicted octanol–water partition coefficient (Wildman–Crippen LogP) is 3.23. The molecule has 0 aromatic carbocycles. The number of terminal acetylenes is 1. The summed E-state index contributed by atoms with van der Waals surface area (Å²) >= 11 is 0. The zero-order valence-corrected chi connectivity index (χ0v) is 14.9. The molecular formula is C18H31N3O. The Balaban J connectivity index is 0.00000102. The molecule has 0 spiro atoms. The molecule has 4 heteroatoms. The normalized spacial score (nSPS) is 14.7. The highest BCUT2D eigenvalue weighted by atomic mass is 16.5. The first-order chi connectivity index (χ1) is 10.8.